The Kier molecular flexibility index (Phi) is 5.41. The second kappa shape index (κ2) is 6.85. The average molecular weight is 375 g/mol. The number of nitrogens with one attached hydrogen (secondary N) is 1. The summed E-state index contributed by atoms with van der Waals surface area (Å²) in [5.74, 6) is -1.12. The Morgan fingerprint density at radius 3 is 2.62 bits per heavy atom. The van der Waals surface area contributed by atoms with Crippen molar-refractivity contribution in [1.29, 1.82) is 0 Å². The van der Waals surface area contributed by atoms with Crippen LogP contribution in [0.25, 0.3) is 5.76 Å². The standard InChI is InChI=1S/C14H13N3O4S2.Na.H/c1-8-7-15-14(22-8)16-13(19)11-12(18)9-5-3-4-6-10(9)23(20,21)17(11)2;;/h3-7,18H,1-2H3,(H,15,16,19);;. The van der Waals surface area contributed by atoms with Gasteiger partial charge in [0.15, 0.2) is 16.6 Å². The Labute approximate surface area is 165 Å². The molecule has 24 heavy (non-hydrogen) atoms. The van der Waals surface area contributed by atoms with Gasteiger partial charge in [0.25, 0.3) is 15.9 Å². The first-order chi connectivity index (χ1) is 10.8. The van der Waals surface area contributed by atoms with E-state index < -0.39 is 15.9 Å². The number of rotatable bonds is 2. The van der Waals surface area contributed by atoms with Crippen molar-refractivity contribution < 1.29 is 18.3 Å². The van der Waals surface area contributed by atoms with Gasteiger partial charge in [0.1, 0.15) is 0 Å². The number of amides is 1. The molecule has 1 aliphatic heterocycles. The van der Waals surface area contributed by atoms with Crippen LogP contribution in [-0.4, -0.2) is 65.3 Å². The van der Waals surface area contributed by atoms with Gasteiger partial charge in [-0.1, -0.05) is 12.1 Å². The van der Waals surface area contributed by atoms with E-state index in [1.165, 1.54) is 30.5 Å². The Bertz CT molecular complexity index is 937. The zero-order valence-corrected chi connectivity index (χ0v) is 13.9. The van der Waals surface area contributed by atoms with E-state index >= 15 is 0 Å². The summed E-state index contributed by atoms with van der Waals surface area (Å²) >= 11 is 1.25. The zero-order chi connectivity index (χ0) is 16.8. The molecule has 7 nitrogen and oxygen atoms in total. The van der Waals surface area contributed by atoms with Gasteiger partial charge in [-0.25, -0.2) is 13.4 Å². The number of sulfonamides is 1. The number of thiazole rings is 1. The number of likely N-dealkylation sites (N-methyl/N-ethyl adjacent to an activating group) is 1. The van der Waals surface area contributed by atoms with Crippen molar-refractivity contribution in [3.63, 3.8) is 0 Å². The van der Waals surface area contributed by atoms with E-state index in [0.717, 1.165) is 9.18 Å². The van der Waals surface area contributed by atoms with Crippen molar-refractivity contribution >= 4 is 67.7 Å². The topological polar surface area (TPSA) is 99.6 Å². The molecule has 0 saturated carbocycles. The Morgan fingerprint density at radius 2 is 2.00 bits per heavy atom. The Morgan fingerprint density at radius 1 is 1.33 bits per heavy atom. The summed E-state index contributed by atoms with van der Waals surface area (Å²) < 4.78 is 25.8. The Hall–Kier alpha value is -1.39. The molecule has 122 valence electrons. The van der Waals surface area contributed by atoms with E-state index in [1.54, 1.807) is 18.3 Å². The van der Waals surface area contributed by atoms with Gasteiger partial charge in [0, 0.05) is 23.7 Å². The minimum absolute atomic E-state index is 0. The number of aryl methyl sites for hydroxylation is 1. The van der Waals surface area contributed by atoms with Crippen LogP contribution in [-0.2, 0) is 14.8 Å². The molecule has 2 heterocycles. The zero-order valence-electron chi connectivity index (χ0n) is 12.3. The molecule has 1 aliphatic rings. The molecular formula is C14H14N3NaO4S2. The van der Waals surface area contributed by atoms with Crippen molar-refractivity contribution in [3.05, 3.63) is 46.6 Å². The van der Waals surface area contributed by atoms with Crippen LogP contribution in [0.1, 0.15) is 10.4 Å². The average Bonchev–Trinajstić information content (AvgIpc) is 2.91. The molecule has 0 bridgehead atoms. The second-order valence-electron chi connectivity index (χ2n) is 4.90. The van der Waals surface area contributed by atoms with Gasteiger partial charge >= 0.3 is 29.6 Å². The summed E-state index contributed by atoms with van der Waals surface area (Å²) in [5, 5.41) is 13.2. The fourth-order valence-corrected chi connectivity index (χ4v) is 4.31. The number of aliphatic hydroxyl groups is 1. The van der Waals surface area contributed by atoms with E-state index in [-0.39, 0.29) is 51.5 Å². The number of carbonyl (C=O) groups is 1. The van der Waals surface area contributed by atoms with Gasteiger partial charge in [-0.2, -0.15) is 0 Å². The molecule has 10 heteroatoms. The first-order valence-corrected chi connectivity index (χ1v) is 8.83. The Balaban J connectivity index is 0.00000208. The van der Waals surface area contributed by atoms with Crippen molar-refractivity contribution in [1.82, 2.24) is 9.29 Å². The monoisotopic (exact) mass is 375 g/mol. The number of anilines is 1. The maximum atomic E-state index is 12.5. The van der Waals surface area contributed by atoms with E-state index in [0.29, 0.717) is 5.13 Å². The summed E-state index contributed by atoms with van der Waals surface area (Å²) in [5.41, 5.74) is -0.234. The summed E-state index contributed by atoms with van der Waals surface area (Å²) in [6.45, 7) is 1.83. The number of carbonyl (C=O) groups excluding carboxylic acids is 1. The van der Waals surface area contributed by atoms with E-state index in [1.807, 2.05) is 6.92 Å². The number of hydrogen-bond donors (Lipinski definition) is 2. The number of hydrogen-bond acceptors (Lipinski definition) is 6. The summed E-state index contributed by atoms with van der Waals surface area (Å²) in [4.78, 5) is 17.3. The van der Waals surface area contributed by atoms with Crippen molar-refractivity contribution in [2.45, 2.75) is 11.8 Å². The van der Waals surface area contributed by atoms with Crippen LogP contribution in [0.15, 0.2) is 41.1 Å². The molecule has 2 aromatic rings. The molecule has 0 saturated heterocycles. The second-order valence-corrected chi connectivity index (χ2v) is 8.07. The van der Waals surface area contributed by atoms with Crippen LogP contribution in [0.3, 0.4) is 0 Å². The molecule has 0 radical (unpaired) electrons. The number of benzene rings is 1. The predicted molar refractivity (Wildman–Crippen MR) is 93.6 cm³/mol. The number of nitrogens with zero attached hydrogens (tertiary/aromatic N) is 2. The van der Waals surface area contributed by atoms with E-state index in [4.69, 9.17) is 0 Å². The fourth-order valence-electron chi connectivity index (χ4n) is 2.25. The molecule has 2 N–H and O–H groups in total. The molecule has 0 aliphatic carbocycles. The molecule has 1 aromatic carbocycles. The summed E-state index contributed by atoms with van der Waals surface area (Å²) in [7, 11) is -2.67. The third-order valence-corrected chi connectivity index (χ3v) is 6.02. The molecule has 0 fully saturated rings. The van der Waals surface area contributed by atoms with Crippen molar-refractivity contribution in [2.24, 2.45) is 0 Å². The van der Waals surface area contributed by atoms with Crippen LogP contribution in [0.5, 0.6) is 0 Å². The van der Waals surface area contributed by atoms with Gasteiger partial charge in [-0.05, 0) is 19.1 Å². The van der Waals surface area contributed by atoms with E-state index in [2.05, 4.69) is 10.3 Å². The van der Waals surface area contributed by atoms with E-state index in [9.17, 15) is 18.3 Å². The van der Waals surface area contributed by atoms with Crippen LogP contribution < -0.4 is 5.32 Å². The van der Waals surface area contributed by atoms with Gasteiger partial charge in [0.05, 0.1) is 4.90 Å². The number of aromatic nitrogens is 1. The van der Waals surface area contributed by atoms with Gasteiger partial charge < -0.3 is 5.11 Å². The molecule has 0 unspecified atom stereocenters. The molecule has 3 rings (SSSR count). The molecule has 0 spiro atoms. The fraction of sp³-hybridized carbons (Fsp3) is 0.143. The minimum atomic E-state index is -3.90. The van der Waals surface area contributed by atoms with Gasteiger partial charge in [-0.3, -0.25) is 14.4 Å². The SMILES string of the molecule is Cc1cnc(NC(=O)C2=C(O)c3ccccc3S(=O)(=O)N2C)s1.[NaH]. The van der Waals surface area contributed by atoms with Crippen molar-refractivity contribution in [2.75, 3.05) is 12.4 Å². The third kappa shape index (κ3) is 3.09. The summed E-state index contributed by atoms with van der Waals surface area (Å²) in [6, 6.07) is 5.99. The number of aliphatic hydroxyl groups excluding tert-OH is 1. The quantitative estimate of drug-likeness (QED) is 0.771. The molecule has 1 aromatic heterocycles. The first kappa shape index (κ1) is 18.9. The van der Waals surface area contributed by atoms with Gasteiger partial charge in [0.2, 0.25) is 0 Å². The van der Waals surface area contributed by atoms with Crippen LogP contribution in [0.2, 0.25) is 0 Å². The van der Waals surface area contributed by atoms with Gasteiger partial charge in [-0.15, -0.1) is 11.3 Å². The first-order valence-electron chi connectivity index (χ1n) is 6.57. The molecule has 1 amide bonds. The van der Waals surface area contributed by atoms with Crippen LogP contribution in [0.4, 0.5) is 5.13 Å². The third-order valence-electron chi connectivity index (χ3n) is 3.38. The normalized spacial score (nSPS) is 15.5. The maximum absolute atomic E-state index is 12.5. The predicted octanol–water partition coefficient (Wildman–Crippen LogP) is 1.30. The summed E-state index contributed by atoms with van der Waals surface area (Å²) in [6.07, 6.45) is 1.59. The molecular weight excluding hydrogens is 361 g/mol. The molecule has 0 atom stereocenters. The van der Waals surface area contributed by atoms with Crippen LogP contribution in [0, 0.1) is 6.92 Å². The van der Waals surface area contributed by atoms with Crippen LogP contribution >= 0.6 is 11.3 Å². The van der Waals surface area contributed by atoms with Crippen molar-refractivity contribution in [3.8, 4) is 0 Å². The number of fused-ring (bicyclic) bond motifs is 1.